The average molecular weight is 390 g/mol. The molecule has 150 valence electrons. The van der Waals surface area contributed by atoms with E-state index in [0.717, 1.165) is 42.8 Å². The molecule has 1 aliphatic heterocycles. The summed E-state index contributed by atoms with van der Waals surface area (Å²) in [5, 5.41) is 8.56. The van der Waals surface area contributed by atoms with Gasteiger partial charge < -0.3 is 4.40 Å². The first-order valence-corrected chi connectivity index (χ1v) is 10.0. The molecule has 0 radical (unpaired) electrons. The van der Waals surface area contributed by atoms with Gasteiger partial charge in [0.2, 0.25) is 0 Å². The first-order valence-electron chi connectivity index (χ1n) is 10.0. The third-order valence-electron chi connectivity index (χ3n) is 5.69. The number of likely N-dealkylation sites (tertiary alicyclic amines) is 1. The molecule has 6 heteroatoms. The standard InChI is InChI=1S/C23H26N4O2/c1-17-20(27-15-3-2-6-22(27)24-17)13-16-26-14-4-5-21(26)19-10-7-18(8-11-19)9-12-23(28)25-29/h2-3,6-12,15,21,29H,4-5,13-14,16H2,1H3,(H,25,28)/t21-/m0/s1. The van der Waals surface area contributed by atoms with E-state index >= 15 is 0 Å². The second-order valence-corrected chi connectivity index (χ2v) is 7.49. The minimum absolute atomic E-state index is 0.424. The Hall–Kier alpha value is -2.96. The summed E-state index contributed by atoms with van der Waals surface area (Å²) in [7, 11) is 0. The summed E-state index contributed by atoms with van der Waals surface area (Å²) >= 11 is 0. The lowest BCUT2D eigenvalue weighted by Gasteiger charge is -2.25. The summed E-state index contributed by atoms with van der Waals surface area (Å²) in [4.78, 5) is 18.4. The Labute approximate surface area is 170 Å². The Kier molecular flexibility index (Phi) is 5.74. The van der Waals surface area contributed by atoms with E-state index in [0.29, 0.717) is 6.04 Å². The number of amides is 1. The molecule has 1 aromatic carbocycles. The molecule has 1 fully saturated rings. The molecule has 0 spiro atoms. The van der Waals surface area contributed by atoms with Crippen LogP contribution in [-0.4, -0.2) is 38.5 Å². The minimum atomic E-state index is -0.529. The van der Waals surface area contributed by atoms with Gasteiger partial charge in [0.1, 0.15) is 5.65 Å². The van der Waals surface area contributed by atoms with Crippen LogP contribution in [0.1, 0.15) is 41.4 Å². The van der Waals surface area contributed by atoms with Crippen LogP contribution in [0.2, 0.25) is 0 Å². The van der Waals surface area contributed by atoms with Crippen LogP contribution >= 0.6 is 0 Å². The van der Waals surface area contributed by atoms with Crippen LogP contribution in [0, 0.1) is 6.92 Å². The lowest BCUT2D eigenvalue weighted by molar-refractivity contribution is -0.124. The van der Waals surface area contributed by atoms with Crippen LogP contribution in [0.15, 0.2) is 54.7 Å². The number of aromatic nitrogens is 2. The highest BCUT2D eigenvalue weighted by Crippen LogP contribution is 2.32. The lowest BCUT2D eigenvalue weighted by Crippen LogP contribution is -2.26. The van der Waals surface area contributed by atoms with Crippen LogP contribution < -0.4 is 5.48 Å². The molecule has 3 heterocycles. The predicted molar refractivity (Wildman–Crippen MR) is 113 cm³/mol. The Balaban J connectivity index is 1.44. The van der Waals surface area contributed by atoms with Crippen molar-refractivity contribution in [3.63, 3.8) is 0 Å². The number of carbonyl (C=O) groups excluding carboxylic acids is 1. The molecule has 0 unspecified atom stereocenters. The molecule has 3 aromatic rings. The zero-order chi connectivity index (χ0) is 20.2. The monoisotopic (exact) mass is 390 g/mol. The topological polar surface area (TPSA) is 69.9 Å². The number of hydrogen-bond acceptors (Lipinski definition) is 4. The quantitative estimate of drug-likeness (QED) is 0.384. The number of rotatable bonds is 6. The van der Waals surface area contributed by atoms with Gasteiger partial charge in [0.05, 0.1) is 5.69 Å². The van der Waals surface area contributed by atoms with Gasteiger partial charge in [0.25, 0.3) is 5.91 Å². The number of nitrogens with one attached hydrogen (secondary N) is 1. The van der Waals surface area contributed by atoms with E-state index in [2.05, 4.69) is 51.7 Å². The molecule has 2 N–H and O–H groups in total. The third kappa shape index (κ3) is 4.23. The normalized spacial score (nSPS) is 17.4. The van der Waals surface area contributed by atoms with Crippen LogP contribution in [0.25, 0.3) is 11.7 Å². The number of pyridine rings is 1. The average Bonchev–Trinajstić information content (AvgIpc) is 3.34. The summed E-state index contributed by atoms with van der Waals surface area (Å²) in [5.74, 6) is -0.529. The van der Waals surface area contributed by atoms with Gasteiger partial charge in [-0.05, 0) is 55.6 Å². The number of fused-ring (bicyclic) bond motifs is 1. The second-order valence-electron chi connectivity index (χ2n) is 7.49. The molecule has 6 nitrogen and oxygen atoms in total. The second kappa shape index (κ2) is 8.59. The van der Waals surface area contributed by atoms with Crippen LogP contribution in [0.4, 0.5) is 0 Å². The Morgan fingerprint density at radius 2 is 2.10 bits per heavy atom. The van der Waals surface area contributed by atoms with Gasteiger partial charge >= 0.3 is 0 Å². The SMILES string of the molecule is Cc1nc2ccccn2c1CCN1CCC[C@H]1c1ccc(C=CC(=O)NO)cc1. The fourth-order valence-electron chi connectivity index (χ4n) is 4.22. The molecule has 29 heavy (non-hydrogen) atoms. The van der Waals surface area contributed by atoms with Gasteiger partial charge in [-0.1, -0.05) is 30.3 Å². The van der Waals surface area contributed by atoms with Gasteiger partial charge in [0, 0.05) is 37.0 Å². The Bertz CT molecular complexity index is 1020. The molecule has 1 aliphatic rings. The van der Waals surface area contributed by atoms with E-state index in [-0.39, 0.29) is 0 Å². The number of aryl methyl sites for hydroxylation is 1. The van der Waals surface area contributed by atoms with Crippen LogP contribution in [0.5, 0.6) is 0 Å². The van der Waals surface area contributed by atoms with E-state index in [1.54, 1.807) is 11.6 Å². The van der Waals surface area contributed by atoms with Crippen molar-refractivity contribution in [2.75, 3.05) is 13.1 Å². The van der Waals surface area contributed by atoms with Gasteiger partial charge in [-0.2, -0.15) is 0 Å². The summed E-state index contributed by atoms with van der Waals surface area (Å²) < 4.78 is 2.20. The maximum Gasteiger partial charge on any atom is 0.267 e. The maximum absolute atomic E-state index is 11.1. The van der Waals surface area contributed by atoms with Gasteiger partial charge in [-0.25, -0.2) is 10.5 Å². The first-order chi connectivity index (χ1) is 14.2. The predicted octanol–water partition coefficient (Wildman–Crippen LogP) is 3.54. The van der Waals surface area contributed by atoms with Crippen LogP contribution in [0.3, 0.4) is 0 Å². The summed E-state index contributed by atoms with van der Waals surface area (Å²) in [5.41, 5.74) is 7.24. The highest BCUT2D eigenvalue weighted by atomic mass is 16.5. The largest absolute Gasteiger partial charge is 0.304 e. The van der Waals surface area contributed by atoms with Gasteiger partial charge in [-0.3, -0.25) is 14.9 Å². The van der Waals surface area contributed by atoms with Crippen molar-refractivity contribution in [3.8, 4) is 0 Å². The van der Waals surface area contributed by atoms with Crippen molar-refractivity contribution in [1.82, 2.24) is 19.8 Å². The fourth-order valence-corrected chi connectivity index (χ4v) is 4.22. The zero-order valence-corrected chi connectivity index (χ0v) is 16.6. The maximum atomic E-state index is 11.1. The molecular weight excluding hydrogens is 364 g/mol. The van der Waals surface area contributed by atoms with Crippen molar-refractivity contribution >= 4 is 17.6 Å². The molecule has 0 bridgehead atoms. The fraction of sp³-hybridized carbons (Fsp3) is 0.304. The van der Waals surface area contributed by atoms with Crippen molar-refractivity contribution < 1.29 is 10.0 Å². The van der Waals surface area contributed by atoms with Crippen molar-refractivity contribution in [2.24, 2.45) is 0 Å². The number of hydroxylamine groups is 1. The summed E-state index contributed by atoms with van der Waals surface area (Å²) in [6, 6.07) is 14.9. The van der Waals surface area contributed by atoms with Crippen molar-refractivity contribution in [1.29, 1.82) is 0 Å². The molecule has 1 amide bonds. The van der Waals surface area contributed by atoms with Gasteiger partial charge in [-0.15, -0.1) is 0 Å². The molecule has 1 atom stereocenters. The minimum Gasteiger partial charge on any atom is -0.304 e. The summed E-state index contributed by atoms with van der Waals surface area (Å²) in [6.07, 6.45) is 8.44. The van der Waals surface area contributed by atoms with Gasteiger partial charge in [0.15, 0.2) is 0 Å². The smallest absolute Gasteiger partial charge is 0.267 e. The van der Waals surface area contributed by atoms with E-state index < -0.39 is 5.91 Å². The highest BCUT2D eigenvalue weighted by Gasteiger charge is 2.26. The number of nitrogens with zero attached hydrogens (tertiary/aromatic N) is 3. The lowest BCUT2D eigenvalue weighted by atomic mass is 10.0. The molecule has 4 rings (SSSR count). The van der Waals surface area contributed by atoms with Crippen molar-refractivity contribution in [2.45, 2.75) is 32.2 Å². The molecule has 1 saturated heterocycles. The Morgan fingerprint density at radius 1 is 1.28 bits per heavy atom. The zero-order valence-electron chi connectivity index (χ0n) is 16.6. The number of imidazole rings is 1. The van der Waals surface area contributed by atoms with E-state index in [9.17, 15) is 4.79 Å². The summed E-state index contributed by atoms with van der Waals surface area (Å²) in [6.45, 7) is 4.21. The van der Waals surface area contributed by atoms with Crippen molar-refractivity contribution in [3.05, 3.63) is 77.3 Å². The number of hydrogen-bond donors (Lipinski definition) is 2. The molecule has 0 saturated carbocycles. The first kappa shape index (κ1) is 19.4. The third-order valence-corrected chi connectivity index (χ3v) is 5.69. The Morgan fingerprint density at radius 3 is 2.90 bits per heavy atom. The van der Waals surface area contributed by atoms with E-state index in [1.807, 2.05) is 18.2 Å². The molecule has 0 aliphatic carbocycles. The molecule has 2 aromatic heterocycles. The van der Waals surface area contributed by atoms with E-state index in [1.165, 1.54) is 23.8 Å². The number of carbonyl (C=O) groups is 1. The van der Waals surface area contributed by atoms with Crippen LogP contribution in [-0.2, 0) is 11.2 Å². The molecular formula is C23H26N4O2. The van der Waals surface area contributed by atoms with E-state index in [4.69, 9.17) is 5.21 Å². The highest BCUT2D eigenvalue weighted by molar-refractivity contribution is 5.90. The number of benzene rings is 1.